The van der Waals surface area contributed by atoms with Gasteiger partial charge in [-0.2, -0.15) is 0 Å². The maximum absolute atomic E-state index is 13.2. The normalized spacial score (nSPS) is 16.4. The van der Waals surface area contributed by atoms with E-state index in [0.717, 1.165) is 35.3 Å². The van der Waals surface area contributed by atoms with Gasteiger partial charge in [-0.25, -0.2) is 8.42 Å². The summed E-state index contributed by atoms with van der Waals surface area (Å²) in [6.07, 6.45) is 1.65. The fraction of sp³-hybridized carbons (Fsp3) is 0.300. The molecule has 25 heavy (non-hydrogen) atoms. The summed E-state index contributed by atoms with van der Waals surface area (Å²) < 4.78 is 33.5. The second-order valence-electron chi connectivity index (χ2n) is 6.32. The molecule has 2 aromatic carbocycles. The van der Waals surface area contributed by atoms with Gasteiger partial charge in [-0.05, 0) is 38.0 Å². The van der Waals surface area contributed by atoms with Crippen LogP contribution in [0.2, 0.25) is 0 Å². The van der Waals surface area contributed by atoms with Gasteiger partial charge in [0.15, 0.2) is 0 Å². The van der Waals surface area contributed by atoms with Gasteiger partial charge in [0.05, 0.1) is 17.2 Å². The van der Waals surface area contributed by atoms with Crippen LogP contribution in [0.15, 0.2) is 59.2 Å². The fourth-order valence-electron chi connectivity index (χ4n) is 3.01. The molecular formula is C20H23NO3S. The zero-order valence-corrected chi connectivity index (χ0v) is 15.6. The number of sulfonamides is 1. The lowest BCUT2D eigenvalue weighted by molar-refractivity contribution is 0.262. The Morgan fingerprint density at radius 3 is 2.32 bits per heavy atom. The Kier molecular flexibility index (Phi) is 4.86. The highest BCUT2D eigenvalue weighted by Gasteiger charge is 2.29. The number of allylic oxidation sites excluding steroid dienone is 1. The highest BCUT2D eigenvalue weighted by molar-refractivity contribution is 7.89. The molecule has 1 heterocycles. The molecule has 132 valence electrons. The van der Waals surface area contributed by atoms with Gasteiger partial charge in [0.1, 0.15) is 5.76 Å². The van der Waals surface area contributed by atoms with Crippen molar-refractivity contribution >= 4 is 15.7 Å². The molecule has 0 bridgehead atoms. The lowest BCUT2D eigenvalue weighted by Gasteiger charge is -2.25. The third kappa shape index (κ3) is 3.42. The summed E-state index contributed by atoms with van der Waals surface area (Å²) in [4.78, 5) is 0.283. The second kappa shape index (κ2) is 6.92. The van der Waals surface area contributed by atoms with E-state index in [0.29, 0.717) is 12.3 Å². The molecule has 4 nitrogen and oxygen atoms in total. The first-order valence-electron chi connectivity index (χ1n) is 8.39. The predicted molar refractivity (Wildman–Crippen MR) is 99.4 cm³/mol. The zero-order valence-electron chi connectivity index (χ0n) is 14.8. The summed E-state index contributed by atoms with van der Waals surface area (Å²) in [5, 5.41) is 0. The molecule has 0 amide bonds. The molecule has 0 saturated carbocycles. The standard InChI is InChI=1S/C20H23NO3S/c1-15-10-12-17(13-11-15)25(22,23)21(3)20(19-9-6-14-24-19)18-8-5-4-7-16(18)2/h4-5,7-8,10-13H,6,9,14H2,1-3H3/b20-19+. The van der Waals surface area contributed by atoms with Gasteiger partial charge in [0, 0.05) is 19.0 Å². The molecule has 1 aliphatic heterocycles. The molecule has 0 aromatic heterocycles. The number of ether oxygens (including phenoxy) is 1. The highest BCUT2D eigenvalue weighted by Crippen LogP contribution is 2.34. The van der Waals surface area contributed by atoms with E-state index in [-0.39, 0.29) is 4.90 Å². The van der Waals surface area contributed by atoms with Gasteiger partial charge in [0.25, 0.3) is 10.0 Å². The average molecular weight is 357 g/mol. The van der Waals surface area contributed by atoms with Gasteiger partial charge >= 0.3 is 0 Å². The van der Waals surface area contributed by atoms with Gasteiger partial charge in [0.2, 0.25) is 0 Å². The molecule has 0 unspecified atom stereocenters. The first-order chi connectivity index (χ1) is 11.9. The third-order valence-electron chi connectivity index (χ3n) is 4.48. The van der Waals surface area contributed by atoms with Crippen molar-refractivity contribution in [3.05, 3.63) is 71.0 Å². The third-order valence-corrected chi connectivity index (χ3v) is 6.25. The van der Waals surface area contributed by atoms with Gasteiger partial charge in [-0.3, -0.25) is 4.31 Å². The summed E-state index contributed by atoms with van der Waals surface area (Å²) in [5.74, 6) is 0.743. The van der Waals surface area contributed by atoms with Crippen LogP contribution in [0, 0.1) is 13.8 Å². The van der Waals surface area contributed by atoms with Gasteiger partial charge < -0.3 is 4.74 Å². The number of aryl methyl sites for hydroxylation is 2. The maximum atomic E-state index is 13.2. The van der Waals surface area contributed by atoms with Crippen LogP contribution in [0.1, 0.15) is 29.5 Å². The summed E-state index contributed by atoms with van der Waals surface area (Å²) in [5.41, 5.74) is 3.57. The van der Waals surface area contributed by atoms with Crippen molar-refractivity contribution in [2.45, 2.75) is 31.6 Å². The Labute approximate surface area is 149 Å². The van der Waals surface area contributed by atoms with E-state index in [1.807, 2.05) is 50.2 Å². The van der Waals surface area contributed by atoms with E-state index in [1.165, 1.54) is 4.31 Å². The minimum Gasteiger partial charge on any atom is -0.496 e. The van der Waals surface area contributed by atoms with Crippen LogP contribution < -0.4 is 0 Å². The Bertz CT molecular complexity index is 891. The van der Waals surface area contributed by atoms with Crippen molar-refractivity contribution in [1.82, 2.24) is 4.31 Å². The smallest absolute Gasteiger partial charge is 0.264 e. The molecule has 1 fully saturated rings. The summed E-state index contributed by atoms with van der Waals surface area (Å²) in [7, 11) is -2.06. The Morgan fingerprint density at radius 2 is 1.72 bits per heavy atom. The number of hydrogen-bond acceptors (Lipinski definition) is 3. The topological polar surface area (TPSA) is 46.6 Å². The summed E-state index contributed by atoms with van der Waals surface area (Å²) >= 11 is 0. The molecule has 3 rings (SSSR count). The van der Waals surface area contributed by atoms with Crippen LogP contribution in [0.25, 0.3) is 5.70 Å². The Morgan fingerprint density at radius 1 is 1.04 bits per heavy atom. The largest absolute Gasteiger partial charge is 0.496 e. The Balaban J connectivity index is 2.12. The van der Waals surface area contributed by atoms with Crippen LogP contribution in [0.4, 0.5) is 0 Å². The van der Waals surface area contributed by atoms with Crippen molar-refractivity contribution in [3.8, 4) is 0 Å². The zero-order chi connectivity index (χ0) is 18.0. The molecule has 5 heteroatoms. The first kappa shape index (κ1) is 17.5. The molecule has 1 saturated heterocycles. The van der Waals surface area contributed by atoms with Crippen molar-refractivity contribution in [2.24, 2.45) is 0 Å². The van der Waals surface area contributed by atoms with Crippen molar-refractivity contribution < 1.29 is 13.2 Å². The van der Waals surface area contributed by atoms with E-state index in [2.05, 4.69) is 0 Å². The Hall–Kier alpha value is -2.27. The number of nitrogens with zero attached hydrogens (tertiary/aromatic N) is 1. The molecule has 0 spiro atoms. The molecule has 0 N–H and O–H groups in total. The quantitative estimate of drug-likeness (QED) is 0.827. The average Bonchev–Trinajstić information content (AvgIpc) is 3.11. The highest BCUT2D eigenvalue weighted by atomic mass is 32.2. The van der Waals surface area contributed by atoms with Crippen LogP contribution in [0.3, 0.4) is 0 Å². The number of hydrogen-bond donors (Lipinski definition) is 0. The van der Waals surface area contributed by atoms with Crippen LogP contribution >= 0.6 is 0 Å². The van der Waals surface area contributed by atoms with E-state index in [9.17, 15) is 8.42 Å². The fourth-order valence-corrected chi connectivity index (χ4v) is 4.25. The van der Waals surface area contributed by atoms with E-state index >= 15 is 0 Å². The molecule has 2 aromatic rings. The molecule has 0 atom stereocenters. The minimum absolute atomic E-state index is 0.283. The first-order valence-corrected chi connectivity index (χ1v) is 9.83. The SMILES string of the molecule is Cc1ccc(S(=O)(=O)N(C)/C(=C2\CCCO2)c2ccccc2C)cc1. The monoisotopic (exact) mass is 357 g/mol. The summed E-state index contributed by atoms with van der Waals surface area (Å²) in [6, 6.07) is 14.7. The lowest BCUT2D eigenvalue weighted by atomic mass is 10.0. The maximum Gasteiger partial charge on any atom is 0.264 e. The molecule has 0 aliphatic carbocycles. The van der Waals surface area contributed by atoms with Crippen molar-refractivity contribution in [3.63, 3.8) is 0 Å². The number of benzene rings is 2. The second-order valence-corrected chi connectivity index (χ2v) is 8.29. The van der Waals surface area contributed by atoms with E-state index < -0.39 is 10.0 Å². The van der Waals surface area contributed by atoms with Crippen LogP contribution in [-0.4, -0.2) is 26.4 Å². The van der Waals surface area contributed by atoms with Gasteiger partial charge in [-0.15, -0.1) is 0 Å². The van der Waals surface area contributed by atoms with Crippen LogP contribution in [-0.2, 0) is 14.8 Å². The van der Waals surface area contributed by atoms with Crippen molar-refractivity contribution in [1.29, 1.82) is 0 Å². The lowest BCUT2D eigenvalue weighted by Crippen LogP contribution is -2.27. The molecule has 0 radical (unpaired) electrons. The predicted octanol–water partition coefficient (Wildman–Crippen LogP) is 4.10. The van der Waals surface area contributed by atoms with E-state index in [1.54, 1.807) is 19.2 Å². The minimum atomic E-state index is -3.66. The van der Waals surface area contributed by atoms with Gasteiger partial charge in [-0.1, -0.05) is 42.0 Å². The number of rotatable bonds is 4. The molecular weight excluding hydrogens is 334 g/mol. The molecule has 1 aliphatic rings. The summed E-state index contributed by atoms with van der Waals surface area (Å²) in [6.45, 7) is 4.55. The van der Waals surface area contributed by atoms with Crippen LogP contribution in [0.5, 0.6) is 0 Å². The van der Waals surface area contributed by atoms with Crippen molar-refractivity contribution in [2.75, 3.05) is 13.7 Å². The van der Waals surface area contributed by atoms with E-state index in [4.69, 9.17) is 4.74 Å².